The molecule has 1 amide bonds. The van der Waals surface area contributed by atoms with Gasteiger partial charge in [-0.1, -0.05) is 17.8 Å². The quantitative estimate of drug-likeness (QED) is 0.668. The van der Waals surface area contributed by atoms with E-state index < -0.39 is 0 Å². The highest BCUT2D eigenvalue weighted by atomic mass is 32.2. The summed E-state index contributed by atoms with van der Waals surface area (Å²) in [5.74, 6) is 0.993. The van der Waals surface area contributed by atoms with Crippen molar-refractivity contribution in [3.05, 3.63) is 54.1 Å². The molecule has 0 radical (unpaired) electrons. The molecular formula is C18H14N4O3S. The molecule has 3 aromatic rings. The maximum Gasteiger partial charge on any atom is 0.277 e. The van der Waals surface area contributed by atoms with E-state index in [1.807, 2.05) is 18.2 Å². The van der Waals surface area contributed by atoms with Gasteiger partial charge in [-0.2, -0.15) is 5.26 Å². The maximum atomic E-state index is 12.0. The van der Waals surface area contributed by atoms with Gasteiger partial charge in [-0.15, -0.1) is 10.2 Å². The molecule has 3 rings (SSSR count). The summed E-state index contributed by atoms with van der Waals surface area (Å²) in [6, 6.07) is 16.0. The highest BCUT2D eigenvalue weighted by molar-refractivity contribution is 7.99. The van der Waals surface area contributed by atoms with Gasteiger partial charge in [0.2, 0.25) is 11.8 Å². The number of ether oxygens (including phenoxy) is 1. The van der Waals surface area contributed by atoms with E-state index in [1.165, 1.54) is 0 Å². The van der Waals surface area contributed by atoms with Crippen molar-refractivity contribution in [1.82, 2.24) is 10.2 Å². The average Bonchev–Trinajstić information content (AvgIpc) is 3.15. The molecule has 26 heavy (non-hydrogen) atoms. The van der Waals surface area contributed by atoms with Crippen LogP contribution in [0, 0.1) is 11.3 Å². The lowest BCUT2D eigenvalue weighted by Crippen LogP contribution is -2.14. The van der Waals surface area contributed by atoms with Crippen LogP contribution in [-0.2, 0) is 4.79 Å². The first-order valence-corrected chi connectivity index (χ1v) is 8.57. The first kappa shape index (κ1) is 17.5. The van der Waals surface area contributed by atoms with Gasteiger partial charge in [0, 0.05) is 11.3 Å². The molecule has 2 aromatic carbocycles. The van der Waals surface area contributed by atoms with E-state index in [1.54, 1.807) is 43.5 Å². The smallest absolute Gasteiger partial charge is 0.277 e. The molecule has 1 N–H and O–H groups in total. The number of nitriles is 1. The van der Waals surface area contributed by atoms with Crippen molar-refractivity contribution < 1.29 is 13.9 Å². The number of nitrogens with zero attached hydrogens (tertiary/aromatic N) is 3. The van der Waals surface area contributed by atoms with E-state index in [9.17, 15) is 4.79 Å². The molecular weight excluding hydrogens is 352 g/mol. The first-order valence-electron chi connectivity index (χ1n) is 7.58. The number of hydrogen-bond donors (Lipinski definition) is 1. The molecule has 0 spiro atoms. The van der Waals surface area contributed by atoms with E-state index in [2.05, 4.69) is 15.5 Å². The number of methoxy groups -OCH3 is 1. The lowest BCUT2D eigenvalue weighted by atomic mass is 10.2. The number of hydrogen-bond acceptors (Lipinski definition) is 7. The van der Waals surface area contributed by atoms with E-state index in [0.717, 1.165) is 23.1 Å². The molecule has 1 heterocycles. The topological polar surface area (TPSA) is 101 Å². The third-order valence-electron chi connectivity index (χ3n) is 3.35. The Morgan fingerprint density at radius 3 is 2.81 bits per heavy atom. The molecule has 0 unspecified atom stereocenters. The lowest BCUT2D eigenvalue weighted by Gasteiger charge is -2.03. The summed E-state index contributed by atoms with van der Waals surface area (Å²) in [5, 5.41) is 19.8. The summed E-state index contributed by atoms with van der Waals surface area (Å²) in [6.07, 6.45) is 0. The highest BCUT2D eigenvalue weighted by Crippen LogP contribution is 2.25. The fraction of sp³-hybridized carbons (Fsp3) is 0.111. The largest absolute Gasteiger partial charge is 0.497 e. The molecule has 1 aromatic heterocycles. The highest BCUT2D eigenvalue weighted by Gasteiger charge is 2.11. The normalized spacial score (nSPS) is 10.2. The predicted octanol–water partition coefficient (Wildman–Crippen LogP) is 3.35. The Balaban J connectivity index is 1.57. The SMILES string of the molecule is COc1ccc(-c2nnc(SCC(=O)Nc3cccc(C#N)c3)o2)cc1. The number of carbonyl (C=O) groups excluding carboxylic acids is 1. The molecule has 0 aliphatic rings. The summed E-state index contributed by atoms with van der Waals surface area (Å²) in [6.45, 7) is 0. The monoisotopic (exact) mass is 366 g/mol. The summed E-state index contributed by atoms with van der Waals surface area (Å²) in [7, 11) is 1.60. The second-order valence-corrected chi connectivity index (χ2v) is 6.06. The molecule has 0 aliphatic carbocycles. The van der Waals surface area contributed by atoms with E-state index >= 15 is 0 Å². The van der Waals surface area contributed by atoms with E-state index in [4.69, 9.17) is 14.4 Å². The zero-order valence-electron chi connectivity index (χ0n) is 13.8. The molecule has 0 saturated heterocycles. The summed E-state index contributed by atoms with van der Waals surface area (Å²) < 4.78 is 10.7. The third-order valence-corrected chi connectivity index (χ3v) is 4.16. The standard InChI is InChI=1S/C18H14N4O3S/c1-24-15-7-5-13(6-8-15)17-21-22-18(25-17)26-11-16(23)20-14-4-2-3-12(9-14)10-19/h2-9H,11H2,1H3,(H,20,23). The predicted molar refractivity (Wildman–Crippen MR) is 96.8 cm³/mol. The van der Waals surface area contributed by atoms with Crippen LogP contribution < -0.4 is 10.1 Å². The van der Waals surface area contributed by atoms with Crippen molar-refractivity contribution in [1.29, 1.82) is 5.26 Å². The molecule has 0 aliphatic heterocycles. The zero-order valence-corrected chi connectivity index (χ0v) is 14.6. The van der Waals surface area contributed by atoms with Crippen LogP contribution in [0.2, 0.25) is 0 Å². The molecule has 8 heteroatoms. The summed E-state index contributed by atoms with van der Waals surface area (Å²) in [4.78, 5) is 12.0. The van der Waals surface area contributed by atoms with Gasteiger partial charge < -0.3 is 14.5 Å². The van der Waals surface area contributed by atoms with Crippen molar-refractivity contribution in [3.63, 3.8) is 0 Å². The van der Waals surface area contributed by atoms with Gasteiger partial charge in [-0.3, -0.25) is 4.79 Å². The number of amides is 1. The second kappa shape index (κ2) is 8.18. The van der Waals surface area contributed by atoms with Crippen LogP contribution in [0.4, 0.5) is 5.69 Å². The average molecular weight is 366 g/mol. The fourth-order valence-electron chi connectivity index (χ4n) is 2.11. The Bertz CT molecular complexity index is 948. The van der Waals surface area contributed by atoms with Gasteiger partial charge in [0.1, 0.15) is 5.75 Å². The number of thioether (sulfide) groups is 1. The number of anilines is 1. The van der Waals surface area contributed by atoms with Gasteiger partial charge in [-0.05, 0) is 42.5 Å². The summed E-state index contributed by atoms with van der Waals surface area (Å²) in [5.41, 5.74) is 1.82. The van der Waals surface area contributed by atoms with Gasteiger partial charge in [0.15, 0.2) is 0 Å². The minimum atomic E-state index is -0.228. The van der Waals surface area contributed by atoms with Gasteiger partial charge in [0.25, 0.3) is 5.22 Å². The Kier molecular flexibility index (Phi) is 5.51. The summed E-state index contributed by atoms with van der Waals surface area (Å²) >= 11 is 1.14. The lowest BCUT2D eigenvalue weighted by molar-refractivity contribution is -0.113. The van der Waals surface area contributed by atoms with E-state index in [0.29, 0.717) is 22.4 Å². The molecule has 0 fully saturated rings. The fourth-order valence-corrected chi connectivity index (χ4v) is 2.67. The van der Waals surface area contributed by atoms with Crippen LogP contribution in [0.3, 0.4) is 0 Å². The molecule has 0 bridgehead atoms. The van der Waals surface area contributed by atoms with Crippen LogP contribution in [0.1, 0.15) is 5.56 Å². The van der Waals surface area contributed by atoms with Crippen LogP contribution in [-0.4, -0.2) is 29.0 Å². The van der Waals surface area contributed by atoms with Crippen molar-refractivity contribution in [2.75, 3.05) is 18.2 Å². The third kappa shape index (κ3) is 4.40. The van der Waals surface area contributed by atoms with Crippen LogP contribution in [0.15, 0.2) is 58.2 Å². The maximum absolute atomic E-state index is 12.0. The molecule has 0 saturated carbocycles. The number of aromatic nitrogens is 2. The van der Waals surface area contributed by atoms with Crippen LogP contribution >= 0.6 is 11.8 Å². The molecule has 130 valence electrons. The number of nitrogens with one attached hydrogen (secondary N) is 1. The van der Waals surface area contributed by atoms with Gasteiger partial charge in [0.05, 0.1) is 24.5 Å². The molecule has 7 nitrogen and oxygen atoms in total. The van der Waals surface area contributed by atoms with Crippen molar-refractivity contribution in [2.45, 2.75) is 5.22 Å². The van der Waals surface area contributed by atoms with E-state index in [-0.39, 0.29) is 11.7 Å². The Labute approximate surface area is 154 Å². The Hall–Kier alpha value is -3.31. The minimum absolute atomic E-state index is 0.112. The Morgan fingerprint density at radius 2 is 2.08 bits per heavy atom. The number of benzene rings is 2. The first-order chi connectivity index (χ1) is 12.7. The number of carbonyl (C=O) groups is 1. The second-order valence-electron chi connectivity index (χ2n) is 5.13. The van der Waals surface area contributed by atoms with Crippen LogP contribution in [0.25, 0.3) is 11.5 Å². The van der Waals surface area contributed by atoms with Crippen molar-refractivity contribution >= 4 is 23.4 Å². The zero-order chi connectivity index (χ0) is 18.4. The van der Waals surface area contributed by atoms with Gasteiger partial charge in [-0.25, -0.2) is 0 Å². The Morgan fingerprint density at radius 1 is 1.27 bits per heavy atom. The van der Waals surface area contributed by atoms with Gasteiger partial charge >= 0.3 is 0 Å². The van der Waals surface area contributed by atoms with Crippen LogP contribution in [0.5, 0.6) is 5.75 Å². The molecule has 0 atom stereocenters. The number of rotatable bonds is 6. The van der Waals surface area contributed by atoms with Crippen molar-refractivity contribution in [2.24, 2.45) is 0 Å². The van der Waals surface area contributed by atoms with Crippen molar-refractivity contribution in [3.8, 4) is 23.3 Å². The minimum Gasteiger partial charge on any atom is -0.497 e.